The van der Waals surface area contributed by atoms with Gasteiger partial charge in [0.2, 0.25) is 0 Å². The summed E-state index contributed by atoms with van der Waals surface area (Å²) in [6, 6.07) is 17.0. The molecule has 0 bridgehead atoms. The Balaban J connectivity index is 2.03. The minimum absolute atomic E-state index is 0.425. The largest absolute Gasteiger partial charge is 0.481 e. The third-order valence-electron chi connectivity index (χ3n) is 6.47. The number of unbranched alkanes of at least 4 members (excludes halogenated alkanes) is 8. The molecule has 1 N–H and O–H groups in total. The molecule has 0 saturated carbocycles. The van der Waals surface area contributed by atoms with Crippen molar-refractivity contribution in [2.45, 2.75) is 107 Å². The molecule has 0 saturated heterocycles. The van der Waals surface area contributed by atoms with Gasteiger partial charge in [0, 0.05) is 28.6 Å². The van der Waals surface area contributed by atoms with E-state index in [9.17, 15) is 9.90 Å². The van der Waals surface area contributed by atoms with Gasteiger partial charge in [0.25, 0.3) is 0 Å². The molecule has 4 heteroatoms. The van der Waals surface area contributed by atoms with Gasteiger partial charge < -0.3 is 10.0 Å². The lowest BCUT2D eigenvalue weighted by atomic mass is 9.97. The summed E-state index contributed by atoms with van der Waals surface area (Å²) in [7, 11) is 0. The van der Waals surface area contributed by atoms with Crippen LogP contribution in [0.25, 0.3) is 0 Å². The molecule has 0 spiro atoms. The fraction of sp³-hybridized carbons (Fsp3) is 0.567. The van der Waals surface area contributed by atoms with Gasteiger partial charge in [0.15, 0.2) is 0 Å². The summed E-state index contributed by atoms with van der Waals surface area (Å²) in [5.41, 5.74) is 2.20. The molecule has 1 atom stereocenters. The van der Waals surface area contributed by atoms with Crippen molar-refractivity contribution in [1.82, 2.24) is 0 Å². The first-order valence-corrected chi connectivity index (χ1v) is 14.3. The Morgan fingerprint density at radius 1 is 0.794 bits per heavy atom. The van der Waals surface area contributed by atoms with E-state index >= 15 is 0 Å². The fourth-order valence-corrected chi connectivity index (χ4v) is 5.25. The SMILES string of the molecule is CCCCCCCN(CCCCCCC)c1cccc(Sc2ccc(C(CC)C(=O)O)cc2)c1. The van der Waals surface area contributed by atoms with Crippen LogP contribution in [-0.4, -0.2) is 24.2 Å². The maximum absolute atomic E-state index is 11.5. The minimum atomic E-state index is -0.750. The van der Waals surface area contributed by atoms with E-state index in [1.54, 1.807) is 11.8 Å². The molecule has 2 aromatic carbocycles. The molecule has 0 aliphatic heterocycles. The molecule has 34 heavy (non-hydrogen) atoms. The van der Waals surface area contributed by atoms with Gasteiger partial charge in [0.1, 0.15) is 0 Å². The lowest BCUT2D eigenvalue weighted by Crippen LogP contribution is -2.25. The van der Waals surface area contributed by atoms with E-state index in [0.717, 1.165) is 23.5 Å². The number of carboxylic acids is 1. The zero-order valence-corrected chi connectivity index (χ0v) is 22.4. The van der Waals surface area contributed by atoms with E-state index in [-0.39, 0.29) is 0 Å². The summed E-state index contributed by atoms with van der Waals surface area (Å²) >= 11 is 1.75. The Hall–Kier alpha value is -1.94. The van der Waals surface area contributed by atoms with Crippen LogP contribution in [0, 0.1) is 0 Å². The Kier molecular flexibility index (Phi) is 13.9. The maximum atomic E-state index is 11.5. The third-order valence-corrected chi connectivity index (χ3v) is 7.47. The molecule has 0 amide bonds. The monoisotopic (exact) mass is 483 g/mol. The van der Waals surface area contributed by atoms with E-state index in [4.69, 9.17) is 0 Å². The van der Waals surface area contributed by atoms with E-state index in [1.807, 2.05) is 19.1 Å². The van der Waals surface area contributed by atoms with Gasteiger partial charge >= 0.3 is 5.97 Å². The van der Waals surface area contributed by atoms with Crippen molar-refractivity contribution in [2.75, 3.05) is 18.0 Å². The van der Waals surface area contributed by atoms with Crippen molar-refractivity contribution in [3.05, 3.63) is 54.1 Å². The molecule has 0 aromatic heterocycles. The van der Waals surface area contributed by atoms with Gasteiger partial charge in [-0.1, -0.05) is 102 Å². The van der Waals surface area contributed by atoms with Crippen LogP contribution in [0.5, 0.6) is 0 Å². The van der Waals surface area contributed by atoms with Crippen LogP contribution >= 0.6 is 11.8 Å². The van der Waals surface area contributed by atoms with E-state index < -0.39 is 11.9 Å². The number of benzene rings is 2. The summed E-state index contributed by atoms with van der Waals surface area (Å²) < 4.78 is 0. The molecule has 1 unspecified atom stereocenters. The second-order valence-corrected chi connectivity index (χ2v) is 10.4. The third kappa shape index (κ3) is 10.1. The van der Waals surface area contributed by atoms with Crippen molar-refractivity contribution < 1.29 is 9.90 Å². The molecule has 2 aromatic rings. The van der Waals surface area contributed by atoms with Gasteiger partial charge in [-0.15, -0.1) is 0 Å². The van der Waals surface area contributed by atoms with E-state index in [1.165, 1.54) is 74.8 Å². The van der Waals surface area contributed by atoms with Gasteiger partial charge in [-0.2, -0.15) is 0 Å². The van der Waals surface area contributed by atoms with E-state index in [2.05, 4.69) is 55.1 Å². The van der Waals surface area contributed by atoms with Crippen LogP contribution in [0.4, 0.5) is 5.69 Å². The van der Waals surface area contributed by atoms with Crippen LogP contribution in [0.2, 0.25) is 0 Å². The molecule has 0 radical (unpaired) electrons. The second-order valence-electron chi connectivity index (χ2n) is 9.28. The molecular weight excluding hydrogens is 438 g/mol. The summed E-state index contributed by atoms with van der Waals surface area (Å²) in [5, 5.41) is 9.41. The van der Waals surface area contributed by atoms with Gasteiger partial charge in [0.05, 0.1) is 5.92 Å². The highest BCUT2D eigenvalue weighted by molar-refractivity contribution is 7.99. The lowest BCUT2D eigenvalue weighted by Gasteiger charge is -2.25. The number of anilines is 1. The predicted molar refractivity (Wildman–Crippen MR) is 147 cm³/mol. The molecular formula is C30H45NO2S. The zero-order chi connectivity index (χ0) is 24.6. The van der Waals surface area contributed by atoms with Crippen LogP contribution in [-0.2, 0) is 4.79 Å². The fourth-order valence-electron chi connectivity index (χ4n) is 4.38. The molecule has 2 rings (SSSR count). The topological polar surface area (TPSA) is 40.5 Å². The predicted octanol–water partition coefficient (Wildman–Crippen LogP) is 9.16. The van der Waals surface area contributed by atoms with Gasteiger partial charge in [-0.3, -0.25) is 4.79 Å². The molecule has 188 valence electrons. The molecule has 0 heterocycles. The zero-order valence-electron chi connectivity index (χ0n) is 21.6. The molecule has 3 nitrogen and oxygen atoms in total. The number of nitrogens with zero attached hydrogens (tertiary/aromatic N) is 1. The summed E-state index contributed by atoms with van der Waals surface area (Å²) in [6.07, 6.45) is 13.7. The Bertz CT molecular complexity index is 807. The number of carboxylic acid groups (broad SMARTS) is 1. The van der Waals surface area contributed by atoms with Crippen LogP contribution in [0.15, 0.2) is 58.3 Å². The summed E-state index contributed by atoms with van der Waals surface area (Å²) in [6.45, 7) is 8.73. The maximum Gasteiger partial charge on any atom is 0.310 e. The van der Waals surface area contributed by atoms with Crippen molar-refractivity contribution >= 4 is 23.4 Å². The minimum Gasteiger partial charge on any atom is -0.481 e. The van der Waals surface area contributed by atoms with Gasteiger partial charge in [-0.05, 0) is 55.2 Å². The number of aliphatic carboxylic acids is 1. The highest BCUT2D eigenvalue weighted by Gasteiger charge is 2.17. The van der Waals surface area contributed by atoms with Crippen LogP contribution in [0.3, 0.4) is 0 Å². The Morgan fingerprint density at radius 3 is 1.91 bits per heavy atom. The first-order valence-electron chi connectivity index (χ1n) is 13.4. The number of hydrogen-bond donors (Lipinski definition) is 1. The smallest absolute Gasteiger partial charge is 0.310 e. The normalized spacial score (nSPS) is 12.0. The standard InChI is InChI=1S/C30H45NO2S/c1-4-7-9-11-13-22-31(23-14-12-10-8-5-2)26-16-15-17-28(24-26)34-27-20-18-25(19-21-27)29(6-3)30(32)33/h15-21,24,29H,4-14,22-23H2,1-3H3,(H,32,33). The lowest BCUT2D eigenvalue weighted by molar-refractivity contribution is -0.138. The van der Waals surface area contributed by atoms with E-state index in [0.29, 0.717) is 6.42 Å². The summed E-state index contributed by atoms with van der Waals surface area (Å²) in [4.78, 5) is 16.4. The molecule has 0 aliphatic rings. The Morgan fingerprint density at radius 2 is 1.38 bits per heavy atom. The highest BCUT2D eigenvalue weighted by Crippen LogP contribution is 2.32. The van der Waals surface area contributed by atoms with Crippen molar-refractivity contribution in [1.29, 1.82) is 0 Å². The van der Waals surface area contributed by atoms with Crippen molar-refractivity contribution in [3.8, 4) is 0 Å². The van der Waals surface area contributed by atoms with Crippen molar-refractivity contribution in [2.24, 2.45) is 0 Å². The average Bonchev–Trinajstić information content (AvgIpc) is 2.84. The summed E-state index contributed by atoms with van der Waals surface area (Å²) in [5.74, 6) is -1.18. The quantitative estimate of drug-likeness (QED) is 0.215. The van der Waals surface area contributed by atoms with Crippen LogP contribution < -0.4 is 4.90 Å². The highest BCUT2D eigenvalue weighted by atomic mass is 32.2. The van der Waals surface area contributed by atoms with Crippen LogP contribution in [0.1, 0.15) is 103 Å². The number of carbonyl (C=O) groups is 1. The first kappa shape index (κ1) is 28.3. The molecule has 0 fully saturated rings. The Labute approximate surface area is 212 Å². The number of rotatable bonds is 18. The van der Waals surface area contributed by atoms with Gasteiger partial charge in [-0.25, -0.2) is 0 Å². The second kappa shape index (κ2) is 16.6. The van der Waals surface area contributed by atoms with Crippen molar-refractivity contribution in [3.63, 3.8) is 0 Å². The number of hydrogen-bond acceptors (Lipinski definition) is 3. The first-order chi connectivity index (χ1) is 16.6. The average molecular weight is 484 g/mol. The molecule has 0 aliphatic carbocycles.